The molecule has 5 rings (SSSR count). The zero-order chi connectivity index (χ0) is 14.0. The van der Waals surface area contributed by atoms with E-state index >= 15 is 0 Å². The molecule has 0 atom stereocenters. The Morgan fingerprint density at radius 3 is 2.10 bits per heavy atom. The molecule has 0 heterocycles. The summed E-state index contributed by atoms with van der Waals surface area (Å²) >= 11 is 0. The number of fused-ring (bicyclic) bond motifs is 2. The van der Waals surface area contributed by atoms with Gasteiger partial charge in [0.05, 0.1) is 0 Å². The molecular formula is C20H13N. The fourth-order valence-corrected chi connectivity index (χ4v) is 3.59. The summed E-state index contributed by atoms with van der Waals surface area (Å²) in [6, 6.07) is 23.7. The Bertz CT molecular complexity index is 1120. The first-order valence-corrected chi connectivity index (χ1v) is 7.18. The lowest BCUT2D eigenvalue weighted by molar-refractivity contribution is 1.76. The van der Waals surface area contributed by atoms with E-state index in [9.17, 15) is 0 Å². The molecule has 5 aromatic rings. The molecule has 0 fully saturated rings. The van der Waals surface area contributed by atoms with Crippen molar-refractivity contribution in [3.63, 3.8) is 0 Å². The Kier molecular flexibility index (Phi) is 1.90. The van der Waals surface area contributed by atoms with E-state index in [1.54, 1.807) is 0 Å². The normalized spacial score (nSPS) is 12.0. The van der Waals surface area contributed by atoms with E-state index in [-0.39, 0.29) is 0 Å². The molecule has 5 aromatic carbocycles. The first kappa shape index (κ1) is 10.9. The van der Waals surface area contributed by atoms with Crippen LogP contribution in [-0.4, -0.2) is 0 Å². The first-order valence-electron chi connectivity index (χ1n) is 7.18. The van der Waals surface area contributed by atoms with E-state index in [4.69, 9.17) is 5.73 Å². The second-order valence-electron chi connectivity index (χ2n) is 5.67. The van der Waals surface area contributed by atoms with Crippen LogP contribution in [0.15, 0.2) is 66.7 Å². The summed E-state index contributed by atoms with van der Waals surface area (Å²) in [6.45, 7) is 0. The number of hydrogen-bond acceptors (Lipinski definition) is 1. The Balaban J connectivity index is 2.21. The molecule has 1 nitrogen and oxygen atoms in total. The first-order chi connectivity index (χ1) is 10.3. The quantitative estimate of drug-likeness (QED) is 0.229. The van der Waals surface area contributed by atoms with Gasteiger partial charge in [-0.15, -0.1) is 0 Å². The van der Waals surface area contributed by atoms with Gasteiger partial charge >= 0.3 is 0 Å². The minimum atomic E-state index is 0.845. The second-order valence-corrected chi connectivity index (χ2v) is 5.67. The van der Waals surface area contributed by atoms with Crippen LogP contribution in [0.4, 0.5) is 5.69 Å². The predicted molar refractivity (Wildman–Crippen MR) is 92.1 cm³/mol. The van der Waals surface area contributed by atoms with E-state index < -0.39 is 0 Å². The summed E-state index contributed by atoms with van der Waals surface area (Å²) in [5.74, 6) is 0. The van der Waals surface area contributed by atoms with Crippen molar-refractivity contribution in [2.24, 2.45) is 0 Å². The number of nitrogens with two attached hydrogens (primary N) is 1. The minimum Gasteiger partial charge on any atom is -0.398 e. The van der Waals surface area contributed by atoms with Crippen molar-refractivity contribution in [2.75, 3.05) is 5.73 Å². The van der Waals surface area contributed by atoms with E-state index in [0.717, 1.165) is 11.1 Å². The van der Waals surface area contributed by atoms with Crippen molar-refractivity contribution in [1.82, 2.24) is 0 Å². The molecule has 0 saturated heterocycles. The number of hydrogen-bond donors (Lipinski definition) is 1. The molecule has 1 heteroatoms. The highest BCUT2D eigenvalue weighted by atomic mass is 14.5. The van der Waals surface area contributed by atoms with Crippen LogP contribution in [0.25, 0.3) is 43.1 Å². The molecular weight excluding hydrogens is 254 g/mol. The predicted octanol–water partition coefficient (Wildman–Crippen LogP) is 5.32. The van der Waals surface area contributed by atoms with Crippen LogP contribution in [0.1, 0.15) is 0 Å². The molecule has 0 aromatic heterocycles. The molecule has 0 saturated carbocycles. The zero-order valence-corrected chi connectivity index (χ0v) is 11.4. The van der Waals surface area contributed by atoms with Gasteiger partial charge in [-0.25, -0.2) is 0 Å². The van der Waals surface area contributed by atoms with E-state index in [1.165, 1.54) is 37.7 Å². The van der Waals surface area contributed by atoms with Gasteiger partial charge in [0.15, 0.2) is 0 Å². The number of benzene rings is 5. The summed E-state index contributed by atoms with van der Waals surface area (Å²) in [5.41, 5.74) is 7.02. The lowest BCUT2D eigenvalue weighted by Crippen LogP contribution is -1.89. The molecule has 0 aliphatic carbocycles. The average molecular weight is 267 g/mol. The topological polar surface area (TPSA) is 26.0 Å². The summed E-state index contributed by atoms with van der Waals surface area (Å²) < 4.78 is 0. The number of rotatable bonds is 0. The van der Waals surface area contributed by atoms with Gasteiger partial charge in [0.2, 0.25) is 0 Å². The Morgan fingerprint density at radius 1 is 0.524 bits per heavy atom. The second kappa shape index (κ2) is 3.64. The van der Waals surface area contributed by atoms with Crippen molar-refractivity contribution in [1.29, 1.82) is 0 Å². The van der Waals surface area contributed by atoms with Crippen molar-refractivity contribution in [3.8, 4) is 0 Å². The molecule has 0 aliphatic rings. The third-order valence-corrected chi connectivity index (χ3v) is 4.54. The molecule has 0 amide bonds. The van der Waals surface area contributed by atoms with Gasteiger partial charge in [-0.2, -0.15) is 0 Å². The summed E-state index contributed by atoms with van der Waals surface area (Å²) in [5, 5.41) is 10.2. The van der Waals surface area contributed by atoms with Crippen molar-refractivity contribution < 1.29 is 0 Å². The molecule has 21 heavy (non-hydrogen) atoms. The molecule has 0 unspecified atom stereocenters. The van der Waals surface area contributed by atoms with Gasteiger partial charge in [0.25, 0.3) is 0 Å². The van der Waals surface area contributed by atoms with Crippen LogP contribution in [0.5, 0.6) is 0 Å². The highest BCUT2D eigenvalue weighted by Gasteiger charge is 2.11. The van der Waals surface area contributed by atoms with Gasteiger partial charge < -0.3 is 5.73 Å². The Labute approximate surface area is 121 Å². The van der Waals surface area contributed by atoms with Gasteiger partial charge in [0, 0.05) is 11.1 Å². The maximum atomic E-state index is 6.17. The van der Waals surface area contributed by atoms with Gasteiger partial charge in [-0.1, -0.05) is 54.6 Å². The SMILES string of the molecule is Nc1cccc2c1cc1ccc3cccc4ccc2c1c34. The summed E-state index contributed by atoms with van der Waals surface area (Å²) in [4.78, 5) is 0. The fraction of sp³-hybridized carbons (Fsp3) is 0. The Morgan fingerprint density at radius 2 is 1.24 bits per heavy atom. The van der Waals surface area contributed by atoms with Crippen LogP contribution in [0.2, 0.25) is 0 Å². The van der Waals surface area contributed by atoms with Crippen LogP contribution < -0.4 is 5.73 Å². The highest BCUT2D eigenvalue weighted by Crippen LogP contribution is 2.39. The summed E-state index contributed by atoms with van der Waals surface area (Å²) in [6.07, 6.45) is 0. The third kappa shape index (κ3) is 1.30. The molecule has 98 valence electrons. The van der Waals surface area contributed by atoms with E-state index in [1.807, 2.05) is 12.1 Å². The Hall–Kier alpha value is -2.80. The third-order valence-electron chi connectivity index (χ3n) is 4.54. The monoisotopic (exact) mass is 267 g/mol. The molecule has 0 bridgehead atoms. The van der Waals surface area contributed by atoms with Gasteiger partial charge in [-0.05, 0) is 49.8 Å². The highest BCUT2D eigenvalue weighted by molar-refractivity contribution is 6.29. The standard InChI is InChI=1S/C20H13N/c21-18-6-2-5-15-16-10-9-13-4-1-3-12-7-8-14(11-17(15)18)20(16)19(12)13/h1-11H,21H2. The van der Waals surface area contributed by atoms with E-state index in [2.05, 4.69) is 54.6 Å². The zero-order valence-electron chi connectivity index (χ0n) is 11.4. The minimum absolute atomic E-state index is 0.845. The van der Waals surface area contributed by atoms with Crippen LogP contribution in [0, 0.1) is 0 Å². The van der Waals surface area contributed by atoms with Crippen LogP contribution in [0.3, 0.4) is 0 Å². The maximum absolute atomic E-state index is 6.17. The molecule has 0 spiro atoms. The summed E-state index contributed by atoms with van der Waals surface area (Å²) in [7, 11) is 0. The molecule has 2 N–H and O–H groups in total. The average Bonchev–Trinajstić information content (AvgIpc) is 2.53. The fourth-order valence-electron chi connectivity index (χ4n) is 3.59. The van der Waals surface area contributed by atoms with E-state index in [0.29, 0.717) is 0 Å². The lowest BCUT2D eigenvalue weighted by Gasteiger charge is -2.13. The van der Waals surface area contributed by atoms with Gasteiger partial charge in [0.1, 0.15) is 0 Å². The number of anilines is 1. The molecule has 0 radical (unpaired) electrons. The van der Waals surface area contributed by atoms with Crippen LogP contribution in [-0.2, 0) is 0 Å². The smallest absolute Gasteiger partial charge is 0.0394 e. The molecule has 0 aliphatic heterocycles. The maximum Gasteiger partial charge on any atom is 0.0394 e. The lowest BCUT2D eigenvalue weighted by atomic mass is 9.91. The van der Waals surface area contributed by atoms with Crippen molar-refractivity contribution in [3.05, 3.63) is 66.7 Å². The van der Waals surface area contributed by atoms with Gasteiger partial charge in [-0.3, -0.25) is 0 Å². The van der Waals surface area contributed by atoms with Crippen molar-refractivity contribution in [2.45, 2.75) is 0 Å². The van der Waals surface area contributed by atoms with Crippen LogP contribution >= 0.6 is 0 Å². The van der Waals surface area contributed by atoms with Crippen molar-refractivity contribution >= 4 is 48.8 Å². The largest absolute Gasteiger partial charge is 0.398 e. The number of nitrogen functional groups attached to an aromatic ring is 1.